The van der Waals surface area contributed by atoms with Crippen molar-refractivity contribution < 1.29 is 23.5 Å². The molecule has 0 bridgehead atoms. The first kappa shape index (κ1) is 22.0. The van der Waals surface area contributed by atoms with Crippen LogP contribution in [-0.2, 0) is 22.0 Å². The van der Waals surface area contributed by atoms with Crippen molar-refractivity contribution in [2.75, 3.05) is 0 Å². The maximum absolute atomic E-state index is 13.4. The number of rotatable bonds is 5. The van der Waals surface area contributed by atoms with Crippen molar-refractivity contribution in [3.63, 3.8) is 0 Å². The van der Waals surface area contributed by atoms with Crippen molar-refractivity contribution in [2.24, 2.45) is 0 Å². The largest absolute Gasteiger partial charge is 0.455 e. The zero-order chi connectivity index (χ0) is 23.2. The Labute approximate surface area is 205 Å². The molecule has 0 aliphatic carbocycles. The second-order valence-electron chi connectivity index (χ2n) is 7.59. The fourth-order valence-electron chi connectivity index (χ4n) is 3.71. The molecule has 0 spiro atoms. The number of benzene rings is 3. The van der Waals surface area contributed by atoms with Crippen molar-refractivity contribution in [1.82, 2.24) is 5.06 Å². The standard InChI is InChI=1S/C25H16Br2FNO4/c26-18-9-17(10-19(27)12-18)21-13-25(31,23-11-16-3-1-2-4-22(16)33-23)29(24(21)30)32-14-15-5-7-20(28)8-6-15/h1-13,31H,14H2. The van der Waals surface area contributed by atoms with Crippen molar-refractivity contribution in [3.8, 4) is 0 Å². The van der Waals surface area contributed by atoms with Crippen molar-refractivity contribution in [1.29, 1.82) is 0 Å². The number of hydrogen-bond acceptors (Lipinski definition) is 4. The molecule has 2 heterocycles. The summed E-state index contributed by atoms with van der Waals surface area (Å²) in [5, 5.41) is 13.4. The number of halogens is 3. The van der Waals surface area contributed by atoms with Gasteiger partial charge in [-0.25, -0.2) is 4.39 Å². The topological polar surface area (TPSA) is 62.9 Å². The lowest BCUT2D eigenvalue weighted by molar-refractivity contribution is -0.267. The second kappa shape index (κ2) is 8.53. The monoisotopic (exact) mass is 571 g/mol. The lowest BCUT2D eigenvalue weighted by atomic mass is 10.0. The Kier molecular flexibility index (Phi) is 5.70. The summed E-state index contributed by atoms with van der Waals surface area (Å²) in [5.74, 6) is -0.774. The molecular weight excluding hydrogens is 557 g/mol. The molecule has 0 saturated carbocycles. The average molecular weight is 573 g/mol. The van der Waals surface area contributed by atoms with Gasteiger partial charge in [0.15, 0.2) is 5.76 Å². The molecule has 5 rings (SSSR count). The molecule has 1 aliphatic rings. The molecule has 166 valence electrons. The molecule has 0 fully saturated rings. The maximum Gasteiger partial charge on any atom is 0.281 e. The van der Waals surface area contributed by atoms with Crippen LogP contribution in [0.2, 0.25) is 0 Å². The van der Waals surface area contributed by atoms with E-state index in [2.05, 4.69) is 31.9 Å². The highest BCUT2D eigenvalue weighted by Crippen LogP contribution is 2.42. The number of hydroxylamine groups is 2. The number of furan rings is 1. The van der Waals surface area contributed by atoms with E-state index >= 15 is 0 Å². The van der Waals surface area contributed by atoms with E-state index < -0.39 is 11.6 Å². The van der Waals surface area contributed by atoms with Gasteiger partial charge in [0.2, 0.25) is 5.72 Å². The van der Waals surface area contributed by atoms with Crippen LogP contribution in [0.5, 0.6) is 0 Å². The van der Waals surface area contributed by atoms with E-state index in [1.165, 1.54) is 18.2 Å². The van der Waals surface area contributed by atoms with Gasteiger partial charge in [-0.3, -0.25) is 9.63 Å². The Morgan fingerprint density at radius 3 is 2.39 bits per heavy atom. The van der Waals surface area contributed by atoms with Crippen LogP contribution in [0.1, 0.15) is 16.9 Å². The number of para-hydroxylation sites is 1. The van der Waals surface area contributed by atoms with Gasteiger partial charge in [0.1, 0.15) is 18.0 Å². The predicted molar refractivity (Wildman–Crippen MR) is 128 cm³/mol. The van der Waals surface area contributed by atoms with Gasteiger partial charge in [-0.15, -0.1) is 0 Å². The van der Waals surface area contributed by atoms with Crippen LogP contribution < -0.4 is 0 Å². The third-order valence-corrected chi connectivity index (χ3v) is 6.22. The van der Waals surface area contributed by atoms with E-state index in [1.807, 2.05) is 24.3 Å². The Morgan fingerprint density at radius 2 is 1.70 bits per heavy atom. The first-order valence-corrected chi connectivity index (χ1v) is 11.5. The molecule has 1 aliphatic heterocycles. The molecule has 5 nitrogen and oxygen atoms in total. The lowest BCUT2D eigenvalue weighted by Crippen LogP contribution is -2.43. The molecule has 8 heteroatoms. The van der Waals surface area contributed by atoms with Gasteiger partial charge in [-0.2, -0.15) is 5.06 Å². The Balaban J connectivity index is 1.57. The number of nitrogens with zero attached hydrogens (tertiary/aromatic N) is 1. The van der Waals surface area contributed by atoms with Crippen LogP contribution in [0.4, 0.5) is 4.39 Å². The van der Waals surface area contributed by atoms with Crippen LogP contribution >= 0.6 is 31.9 Å². The maximum atomic E-state index is 13.4. The van der Waals surface area contributed by atoms with Crippen molar-refractivity contribution in [2.45, 2.75) is 12.3 Å². The van der Waals surface area contributed by atoms with E-state index in [1.54, 1.807) is 36.4 Å². The average Bonchev–Trinajstić information content (AvgIpc) is 3.33. The fourth-order valence-corrected chi connectivity index (χ4v) is 5.01. The summed E-state index contributed by atoms with van der Waals surface area (Å²) >= 11 is 6.87. The summed E-state index contributed by atoms with van der Waals surface area (Å²) in [6, 6.07) is 20.1. The quantitative estimate of drug-likeness (QED) is 0.305. The summed E-state index contributed by atoms with van der Waals surface area (Å²) in [5.41, 5.74) is 0.0525. The minimum absolute atomic E-state index is 0.0577. The van der Waals surface area contributed by atoms with E-state index in [9.17, 15) is 14.3 Å². The van der Waals surface area contributed by atoms with Gasteiger partial charge in [-0.05, 0) is 59.7 Å². The molecule has 1 atom stereocenters. The van der Waals surface area contributed by atoms with E-state index in [4.69, 9.17) is 9.25 Å². The first-order valence-electron chi connectivity index (χ1n) is 9.96. The van der Waals surface area contributed by atoms with Gasteiger partial charge >= 0.3 is 0 Å². The minimum Gasteiger partial charge on any atom is -0.455 e. The smallest absolute Gasteiger partial charge is 0.281 e. The summed E-state index contributed by atoms with van der Waals surface area (Å²) in [7, 11) is 0. The van der Waals surface area contributed by atoms with E-state index in [0.29, 0.717) is 16.7 Å². The molecule has 4 aromatic rings. The van der Waals surface area contributed by atoms with Gasteiger partial charge in [0.25, 0.3) is 5.91 Å². The van der Waals surface area contributed by atoms with E-state index in [-0.39, 0.29) is 23.8 Å². The second-order valence-corrected chi connectivity index (χ2v) is 9.42. The number of hydrogen-bond donors (Lipinski definition) is 1. The van der Waals surface area contributed by atoms with Crippen molar-refractivity contribution in [3.05, 3.63) is 111 Å². The van der Waals surface area contributed by atoms with Crippen LogP contribution in [0, 0.1) is 5.82 Å². The molecule has 1 unspecified atom stereocenters. The molecule has 1 N–H and O–H groups in total. The van der Waals surface area contributed by atoms with Gasteiger partial charge in [0, 0.05) is 14.3 Å². The molecule has 0 radical (unpaired) electrons. The number of aliphatic hydroxyl groups is 1. The van der Waals surface area contributed by atoms with Crippen molar-refractivity contribution >= 4 is 54.3 Å². The van der Waals surface area contributed by atoms with Crippen LogP contribution in [-0.4, -0.2) is 16.1 Å². The van der Waals surface area contributed by atoms with Gasteiger partial charge < -0.3 is 9.52 Å². The van der Waals surface area contributed by atoms with E-state index in [0.717, 1.165) is 19.4 Å². The summed E-state index contributed by atoms with van der Waals surface area (Å²) < 4.78 is 20.7. The highest BCUT2D eigenvalue weighted by molar-refractivity contribution is 9.11. The summed E-state index contributed by atoms with van der Waals surface area (Å²) in [4.78, 5) is 19.2. The Hall–Kier alpha value is -2.78. The number of fused-ring (bicyclic) bond motifs is 1. The third kappa shape index (κ3) is 4.15. The molecular formula is C25H16Br2FNO4. The molecule has 33 heavy (non-hydrogen) atoms. The van der Waals surface area contributed by atoms with Gasteiger partial charge in [-0.1, -0.05) is 62.2 Å². The summed E-state index contributed by atoms with van der Waals surface area (Å²) in [6.45, 7) is -0.0577. The Morgan fingerprint density at radius 1 is 1.00 bits per heavy atom. The van der Waals surface area contributed by atoms with Crippen LogP contribution in [0.3, 0.4) is 0 Å². The molecule has 1 aromatic heterocycles. The minimum atomic E-state index is -1.99. The van der Waals surface area contributed by atoms with Crippen LogP contribution in [0.25, 0.3) is 16.5 Å². The highest BCUT2D eigenvalue weighted by atomic mass is 79.9. The lowest BCUT2D eigenvalue weighted by Gasteiger charge is -2.29. The molecule has 1 amide bonds. The van der Waals surface area contributed by atoms with Gasteiger partial charge in [0.05, 0.1) is 5.57 Å². The predicted octanol–water partition coefficient (Wildman–Crippen LogP) is 6.30. The number of amides is 1. The molecule has 3 aromatic carbocycles. The zero-order valence-electron chi connectivity index (χ0n) is 17.0. The molecule has 0 saturated heterocycles. The Bertz CT molecular complexity index is 1350. The zero-order valence-corrected chi connectivity index (χ0v) is 20.1. The first-order chi connectivity index (χ1) is 15.8. The SMILES string of the molecule is O=C1C(c2cc(Br)cc(Br)c2)=CC(O)(c2cc3ccccc3o2)N1OCc1ccc(F)cc1. The highest BCUT2D eigenvalue weighted by Gasteiger charge is 2.49. The third-order valence-electron chi connectivity index (χ3n) is 5.31. The summed E-state index contributed by atoms with van der Waals surface area (Å²) in [6.07, 6.45) is 1.42. The fraction of sp³-hybridized carbons (Fsp3) is 0.0800. The van der Waals surface area contributed by atoms with Crippen LogP contribution in [0.15, 0.2) is 92.2 Å². The normalized spacial score (nSPS) is 18.2. The number of carbonyl (C=O) groups is 1. The number of carbonyl (C=O) groups excluding carboxylic acids is 1.